The SMILES string of the molecule is CCC1(CC)CCCC2CCCC(CC)(CC)C(O)C2C1O.Cc1[c-]c(-c2ccc3ccc(C)cc3n2)cc(C)c1.[Ir]. The smallest absolute Gasteiger partial charge is 0.0651 e. The normalized spacial score (nSPS) is 24.8. The molecule has 0 spiro atoms. The molecule has 2 saturated carbocycles. The number of aromatic nitrogens is 1. The summed E-state index contributed by atoms with van der Waals surface area (Å²) in [6, 6.07) is 18.2. The van der Waals surface area contributed by atoms with Gasteiger partial charge in [-0.25, -0.2) is 0 Å². The Morgan fingerprint density at radius 3 is 1.83 bits per heavy atom. The zero-order valence-corrected chi connectivity index (χ0v) is 29.5. The molecule has 1 aromatic heterocycles. The van der Waals surface area contributed by atoms with Crippen molar-refractivity contribution in [3.63, 3.8) is 0 Å². The molecule has 2 aromatic carbocycles. The summed E-state index contributed by atoms with van der Waals surface area (Å²) in [7, 11) is 0. The first-order valence-corrected chi connectivity index (χ1v) is 16.4. The van der Waals surface area contributed by atoms with Crippen molar-refractivity contribution in [3.05, 3.63) is 65.2 Å². The molecule has 3 aromatic rings. The topological polar surface area (TPSA) is 53.4 Å². The van der Waals surface area contributed by atoms with Crippen LogP contribution in [-0.4, -0.2) is 27.4 Å². The second kappa shape index (κ2) is 14.9. The third-order valence-corrected chi connectivity index (χ3v) is 11.1. The van der Waals surface area contributed by atoms with Gasteiger partial charge >= 0.3 is 0 Å². The Hall–Kier alpha value is -1.58. The van der Waals surface area contributed by atoms with Crippen LogP contribution in [0.15, 0.2) is 42.5 Å². The second-order valence-electron chi connectivity index (χ2n) is 13.3. The minimum absolute atomic E-state index is 0. The summed E-state index contributed by atoms with van der Waals surface area (Å²) >= 11 is 0. The van der Waals surface area contributed by atoms with E-state index >= 15 is 0 Å². The zero-order chi connectivity index (χ0) is 29.8. The molecule has 1 heterocycles. The maximum Gasteiger partial charge on any atom is 0.0651 e. The minimum Gasteiger partial charge on any atom is -0.392 e. The van der Waals surface area contributed by atoms with Crippen LogP contribution in [0.25, 0.3) is 22.2 Å². The number of aliphatic hydroxyl groups excluding tert-OH is 2. The van der Waals surface area contributed by atoms with E-state index in [1.807, 2.05) is 0 Å². The fourth-order valence-electron chi connectivity index (χ4n) is 8.22. The molecule has 2 aliphatic carbocycles. The number of fused-ring (bicyclic) bond motifs is 2. The van der Waals surface area contributed by atoms with Crippen molar-refractivity contribution < 1.29 is 30.3 Å². The van der Waals surface area contributed by atoms with Crippen molar-refractivity contribution in [2.24, 2.45) is 22.7 Å². The maximum atomic E-state index is 11.4. The van der Waals surface area contributed by atoms with Gasteiger partial charge < -0.3 is 10.2 Å². The Morgan fingerprint density at radius 2 is 1.31 bits per heavy atom. The number of hydrogen-bond donors (Lipinski definition) is 2. The van der Waals surface area contributed by atoms with Crippen molar-refractivity contribution in [2.75, 3.05) is 0 Å². The zero-order valence-electron chi connectivity index (χ0n) is 27.1. The van der Waals surface area contributed by atoms with Gasteiger partial charge in [0.1, 0.15) is 0 Å². The summed E-state index contributed by atoms with van der Waals surface area (Å²) in [5.74, 6) is 0.606. The summed E-state index contributed by atoms with van der Waals surface area (Å²) in [5.41, 5.74) is 6.80. The van der Waals surface area contributed by atoms with Gasteiger partial charge in [0.15, 0.2) is 0 Å². The average Bonchev–Trinajstić information content (AvgIpc) is 3.19. The predicted molar refractivity (Wildman–Crippen MR) is 173 cm³/mol. The molecule has 42 heavy (non-hydrogen) atoms. The van der Waals surface area contributed by atoms with Crippen LogP contribution in [0.2, 0.25) is 0 Å². The average molecular weight is 749 g/mol. The Labute approximate surface area is 269 Å². The Morgan fingerprint density at radius 1 is 0.762 bits per heavy atom. The van der Waals surface area contributed by atoms with Gasteiger partial charge in [0.05, 0.1) is 17.7 Å². The Balaban J connectivity index is 0.000000227. The molecule has 233 valence electrons. The Kier molecular flexibility index (Phi) is 12.4. The van der Waals surface area contributed by atoms with Gasteiger partial charge in [-0.05, 0) is 97.7 Å². The number of aliphatic hydroxyl groups is 2. The molecule has 0 bridgehead atoms. The van der Waals surface area contributed by atoms with E-state index in [1.54, 1.807) is 0 Å². The van der Waals surface area contributed by atoms with Crippen molar-refractivity contribution in [1.29, 1.82) is 0 Å². The van der Waals surface area contributed by atoms with Gasteiger partial charge in [0, 0.05) is 26.0 Å². The third kappa shape index (κ3) is 7.20. The van der Waals surface area contributed by atoms with Gasteiger partial charge in [0.2, 0.25) is 0 Å². The molecule has 2 N–H and O–H groups in total. The summed E-state index contributed by atoms with van der Waals surface area (Å²) in [6.45, 7) is 15.2. The van der Waals surface area contributed by atoms with E-state index in [1.165, 1.54) is 42.2 Å². The summed E-state index contributed by atoms with van der Waals surface area (Å²) in [6.07, 6.45) is 10.6. The molecule has 0 aliphatic heterocycles. The van der Waals surface area contributed by atoms with Gasteiger partial charge in [0.25, 0.3) is 0 Å². The summed E-state index contributed by atoms with van der Waals surface area (Å²) < 4.78 is 0. The van der Waals surface area contributed by atoms with Gasteiger partial charge in [-0.2, -0.15) is 0 Å². The van der Waals surface area contributed by atoms with Crippen LogP contribution < -0.4 is 0 Å². The molecule has 2 aliphatic rings. The fourth-order valence-corrected chi connectivity index (χ4v) is 8.22. The first-order chi connectivity index (χ1) is 19.6. The predicted octanol–water partition coefficient (Wildman–Crippen LogP) is 9.55. The van der Waals surface area contributed by atoms with Crippen molar-refractivity contribution >= 4 is 10.9 Å². The quantitative estimate of drug-likeness (QED) is 0.256. The van der Waals surface area contributed by atoms with Crippen molar-refractivity contribution in [3.8, 4) is 11.3 Å². The molecule has 4 heteroatoms. The number of pyridine rings is 1. The van der Waals surface area contributed by atoms with Crippen LogP contribution in [0.5, 0.6) is 0 Å². The van der Waals surface area contributed by atoms with E-state index in [4.69, 9.17) is 4.98 Å². The minimum atomic E-state index is -0.333. The van der Waals surface area contributed by atoms with E-state index in [2.05, 4.69) is 97.0 Å². The first-order valence-electron chi connectivity index (χ1n) is 16.4. The third-order valence-electron chi connectivity index (χ3n) is 11.1. The van der Waals surface area contributed by atoms with E-state index < -0.39 is 0 Å². The summed E-state index contributed by atoms with van der Waals surface area (Å²) in [4.78, 5) is 4.76. The van der Waals surface area contributed by atoms with E-state index in [9.17, 15) is 10.2 Å². The molecule has 0 amide bonds. The van der Waals surface area contributed by atoms with Crippen LogP contribution in [0.4, 0.5) is 0 Å². The van der Waals surface area contributed by atoms with Crippen LogP contribution in [0.3, 0.4) is 0 Å². The number of benzene rings is 2. The van der Waals surface area contributed by atoms with Gasteiger partial charge in [-0.3, -0.25) is 4.98 Å². The van der Waals surface area contributed by atoms with Crippen molar-refractivity contribution in [2.45, 2.75) is 125 Å². The van der Waals surface area contributed by atoms with Gasteiger partial charge in [-0.15, -0.1) is 34.9 Å². The van der Waals surface area contributed by atoms with Crippen molar-refractivity contribution in [1.82, 2.24) is 4.98 Å². The van der Waals surface area contributed by atoms with E-state index in [-0.39, 0.29) is 49.1 Å². The standard InChI is InChI=1S/C20H38O2.C18H16N.Ir/c1-5-19(6-2)13-9-11-15-12-10-14-20(7-3,8-4)18(22)16(15)17(19)21;1-12-4-5-15-6-7-17(19-18(15)11-12)16-9-13(2)8-14(3)10-16;/h15-18,21-22H,5-14H2,1-4H3;4-9,11H,1-3H3;/q;-1;. The van der Waals surface area contributed by atoms with Crippen LogP contribution >= 0.6 is 0 Å². The monoisotopic (exact) mass is 749 g/mol. The molecule has 2 unspecified atom stereocenters. The second-order valence-corrected chi connectivity index (χ2v) is 13.3. The summed E-state index contributed by atoms with van der Waals surface area (Å²) in [5, 5.41) is 23.9. The number of rotatable bonds is 5. The van der Waals surface area contributed by atoms with Gasteiger partial charge in [-0.1, -0.05) is 78.6 Å². The molecule has 5 rings (SSSR count). The first kappa shape index (κ1) is 34.9. The Bertz CT molecular complexity index is 1240. The molecule has 3 nitrogen and oxygen atoms in total. The maximum absolute atomic E-state index is 11.4. The largest absolute Gasteiger partial charge is 0.392 e. The molecule has 1 radical (unpaired) electrons. The molecule has 2 atom stereocenters. The number of aryl methyl sites for hydroxylation is 3. The number of hydrogen-bond acceptors (Lipinski definition) is 3. The van der Waals surface area contributed by atoms with E-state index in [0.717, 1.165) is 60.9 Å². The van der Waals surface area contributed by atoms with Crippen LogP contribution in [0, 0.1) is 49.5 Å². The van der Waals surface area contributed by atoms with E-state index in [0.29, 0.717) is 5.92 Å². The molecular formula is C38H54IrNO2-. The number of nitrogens with zero attached hydrogens (tertiary/aromatic N) is 1. The molecule has 0 saturated heterocycles. The molecule has 2 fully saturated rings. The van der Waals surface area contributed by atoms with Crippen LogP contribution in [-0.2, 0) is 20.1 Å². The molecular weight excluding hydrogens is 695 g/mol. The fraction of sp³-hybridized carbons (Fsp3) is 0.605. The van der Waals surface area contributed by atoms with Crippen LogP contribution in [0.1, 0.15) is 109 Å².